The lowest BCUT2D eigenvalue weighted by atomic mass is 9.84. The lowest BCUT2D eigenvalue weighted by molar-refractivity contribution is -0.148. The molecule has 118 valence electrons. The first-order chi connectivity index (χ1) is 9.87. The van der Waals surface area contributed by atoms with Gasteiger partial charge in [-0.25, -0.2) is 9.59 Å². The Labute approximate surface area is 123 Å². The lowest BCUT2D eigenvalue weighted by Gasteiger charge is -2.24. The van der Waals surface area contributed by atoms with E-state index in [1.54, 1.807) is 6.92 Å². The van der Waals surface area contributed by atoms with Gasteiger partial charge in [0.2, 0.25) is 0 Å². The summed E-state index contributed by atoms with van der Waals surface area (Å²) < 4.78 is 14.1. The van der Waals surface area contributed by atoms with Gasteiger partial charge in [-0.1, -0.05) is 12.2 Å². The van der Waals surface area contributed by atoms with E-state index in [1.807, 2.05) is 0 Å². The summed E-state index contributed by atoms with van der Waals surface area (Å²) in [5.74, 6) is -1.68. The average molecular weight is 299 g/mol. The van der Waals surface area contributed by atoms with E-state index in [1.165, 1.54) is 26.2 Å². The summed E-state index contributed by atoms with van der Waals surface area (Å²) in [7, 11) is 3.75. The van der Waals surface area contributed by atoms with Gasteiger partial charge in [0.05, 0.1) is 27.8 Å². The van der Waals surface area contributed by atoms with Crippen molar-refractivity contribution in [2.24, 2.45) is 11.8 Å². The zero-order valence-corrected chi connectivity index (χ0v) is 12.8. The van der Waals surface area contributed by atoms with E-state index < -0.39 is 30.0 Å². The van der Waals surface area contributed by atoms with Crippen LogP contribution in [0.5, 0.6) is 0 Å². The van der Waals surface area contributed by atoms with Crippen LogP contribution >= 0.6 is 0 Å². The first-order valence-electron chi connectivity index (χ1n) is 6.52. The van der Waals surface area contributed by atoms with Crippen LogP contribution in [-0.4, -0.2) is 56.8 Å². The molecule has 3 atom stereocenters. The molecular weight excluding hydrogens is 278 g/mol. The molecule has 0 aliphatic carbocycles. The summed E-state index contributed by atoms with van der Waals surface area (Å²) in [5.41, 5.74) is 0.782. The van der Waals surface area contributed by atoms with Gasteiger partial charge in [-0.2, -0.15) is 0 Å². The Morgan fingerprint density at radius 2 is 1.76 bits per heavy atom. The minimum absolute atomic E-state index is 0.00128. The van der Waals surface area contributed by atoms with Crippen LogP contribution in [0.15, 0.2) is 12.2 Å². The third-order valence-electron chi connectivity index (χ3n) is 3.77. The number of likely N-dealkylation sites (tertiary alicyclic amines) is 1. The fourth-order valence-electron chi connectivity index (χ4n) is 2.69. The van der Waals surface area contributed by atoms with Crippen molar-refractivity contribution in [3.8, 4) is 0 Å². The maximum absolute atomic E-state index is 12.0. The second kappa shape index (κ2) is 7.10. The molecule has 0 aromatic carbocycles. The van der Waals surface area contributed by atoms with Crippen molar-refractivity contribution >= 4 is 18.0 Å². The molecule has 0 saturated carbocycles. The number of methoxy groups -OCH3 is 3. The Hall–Kier alpha value is -2.05. The van der Waals surface area contributed by atoms with Gasteiger partial charge in [-0.05, 0) is 6.92 Å². The van der Waals surface area contributed by atoms with Gasteiger partial charge in [-0.3, -0.25) is 9.69 Å². The molecule has 0 bridgehead atoms. The average Bonchev–Trinajstić information content (AvgIpc) is 2.84. The molecule has 1 rings (SSSR count). The van der Waals surface area contributed by atoms with Crippen LogP contribution < -0.4 is 0 Å². The lowest BCUT2D eigenvalue weighted by Crippen LogP contribution is -2.44. The van der Waals surface area contributed by atoms with Crippen LogP contribution in [0.3, 0.4) is 0 Å². The second-order valence-corrected chi connectivity index (χ2v) is 4.99. The van der Waals surface area contributed by atoms with Crippen LogP contribution in [0.25, 0.3) is 0 Å². The number of amides is 1. The van der Waals surface area contributed by atoms with Crippen molar-refractivity contribution in [2.75, 3.05) is 27.9 Å². The topological polar surface area (TPSA) is 82.1 Å². The Kier molecular flexibility index (Phi) is 5.75. The summed E-state index contributed by atoms with van der Waals surface area (Å²) >= 11 is 0. The number of carbonyl (C=O) groups is 3. The molecule has 0 spiro atoms. The molecule has 1 saturated heterocycles. The molecule has 21 heavy (non-hydrogen) atoms. The molecule has 1 fully saturated rings. The number of carbonyl (C=O) groups excluding carboxylic acids is 3. The minimum Gasteiger partial charge on any atom is -0.469 e. The number of hydrogen-bond donors (Lipinski definition) is 0. The quantitative estimate of drug-likeness (QED) is 0.437. The van der Waals surface area contributed by atoms with Gasteiger partial charge < -0.3 is 14.2 Å². The predicted octanol–water partition coefficient (Wildman–Crippen LogP) is 0.982. The van der Waals surface area contributed by atoms with Gasteiger partial charge in [-0.15, -0.1) is 0 Å². The van der Waals surface area contributed by atoms with Gasteiger partial charge in [0, 0.05) is 18.4 Å². The molecule has 1 aliphatic heterocycles. The van der Waals surface area contributed by atoms with Crippen LogP contribution in [0.4, 0.5) is 4.79 Å². The number of ether oxygens (including phenoxy) is 3. The molecule has 0 N–H and O–H groups in total. The molecule has 7 nitrogen and oxygen atoms in total. The molecule has 1 amide bonds. The maximum atomic E-state index is 12.0. The monoisotopic (exact) mass is 299 g/mol. The molecule has 0 aromatic heterocycles. The van der Waals surface area contributed by atoms with Crippen molar-refractivity contribution in [2.45, 2.75) is 19.4 Å². The van der Waals surface area contributed by atoms with E-state index in [4.69, 9.17) is 9.47 Å². The molecular formula is C14H21NO6. The molecule has 0 unspecified atom stereocenters. The molecule has 0 aromatic rings. The summed E-state index contributed by atoms with van der Waals surface area (Å²) in [6.07, 6.45) is -0.634. The van der Waals surface area contributed by atoms with Crippen molar-refractivity contribution < 1.29 is 28.6 Å². The highest BCUT2D eigenvalue weighted by Crippen LogP contribution is 2.37. The maximum Gasteiger partial charge on any atom is 0.410 e. The number of hydrogen-bond acceptors (Lipinski definition) is 6. The number of rotatable bonds is 4. The Balaban J connectivity index is 3.15. The molecule has 0 radical (unpaired) electrons. The minimum atomic E-state index is -0.886. The highest BCUT2D eigenvalue weighted by Gasteiger charge is 2.49. The summed E-state index contributed by atoms with van der Waals surface area (Å²) in [6, 6.07) is -0.886. The van der Waals surface area contributed by atoms with E-state index >= 15 is 0 Å². The fourth-order valence-corrected chi connectivity index (χ4v) is 2.69. The van der Waals surface area contributed by atoms with Crippen molar-refractivity contribution in [1.82, 2.24) is 4.90 Å². The SMILES string of the molecule is C=C(C)[C@@H]1CN(C(=O)OC)[C@H](C(=O)OC)[C@H]1CC(=O)OC. The Morgan fingerprint density at radius 3 is 2.19 bits per heavy atom. The fraction of sp³-hybridized carbons (Fsp3) is 0.643. The second-order valence-electron chi connectivity index (χ2n) is 4.99. The third-order valence-corrected chi connectivity index (χ3v) is 3.77. The van der Waals surface area contributed by atoms with Crippen LogP contribution in [0, 0.1) is 11.8 Å². The highest BCUT2D eigenvalue weighted by molar-refractivity contribution is 5.83. The summed E-state index contributed by atoms with van der Waals surface area (Å²) in [5, 5.41) is 0. The number of nitrogens with zero attached hydrogens (tertiary/aromatic N) is 1. The Bertz CT molecular complexity index is 447. The van der Waals surface area contributed by atoms with Gasteiger partial charge >= 0.3 is 18.0 Å². The largest absolute Gasteiger partial charge is 0.469 e. The van der Waals surface area contributed by atoms with E-state index in [9.17, 15) is 14.4 Å². The normalized spacial score (nSPS) is 24.4. The van der Waals surface area contributed by atoms with Crippen molar-refractivity contribution in [1.29, 1.82) is 0 Å². The first kappa shape index (κ1) is 17.0. The van der Waals surface area contributed by atoms with E-state index in [-0.39, 0.29) is 18.9 Å². The number of esters is 2. The standard InChI is InChI=1S/C14H21NO6/c1-8(2)10-7-15(14(18)21-5)12(13(17)20-4)9(10)6-11(16)19-3/h9-10,12H,1,6-7H2,2-5H3/t9-,10-,12-/m0/s1. The molecule has 1 heterocycles. The van der Waals surface area contributed by atoms with E-state index in [0.29, 0.717) is 0 Å². The van der Waals surface area contributed by atoms with Gasteiger partial charge in [0.25, 0.3) is 0 Å². The molecule has 7 heteroatoms. The molecule has 1 aliphatic rings. The van der Waals surface area contributed by atoms with Crippen molar-refractivity contribution in [3.05, 3.63) is 12.2 Å². The van der Waals surface area contributed by atoms with Crippen LogP contribution in [0.2, 0.25) is 0 Å². The summed E-state index contributed by atoms with van der Waals surface area (Å²) in [4.78, 5) is 36.8. The van der Waals surface area contributed by atoms with Crippen LogP contribution in [-0.2, 0) is 23.8 Å². The zero-order valence-electron chi connectivity index (χ0n) is 12.8. The predicted molar refractivity (Wildman–Crippen MR) is 73.3 cm³/mol. The highest BCUT2D eigenvalue weighted by atomic mass is 16.5. The Morgan fingerprint density at radius 1 is 1.14 bits per heavy atom. The van der Waals surface area contributed by atoms with Gasteiger partial charge in [0.1, 0.15) is 6.04 Å². The first-order valence-corrected chi connectivity index (χ1v) is 6.52. The van der Waals surface area contributed by atoms with E-state index in [0.717, 1.165) is 5.57 Å². The smallest absolute Gasteiger partial charge is 0.410 e. The zero-order chi connectivity index (χ0) is 16.2. The van der Waals surface area contributed by atoms with Crippen molar-refractivity contribution in [3.63, 3.8) is 0 Å². The van der Waals surface area contributed by atoms with Gasteiger partial charge in [0.15, 0.2) is 0 Å². The third kappa shape index (κ3) is 3.53. The van der Waals surface area contributed by atoms with E-state index in [2.05, 4.69) is 11.3 Å². The summed E-state index contributed by atoms with van der Waals surface area (Å²) in [6.45, 7) is 5.93. The van der Waals surface area contributed by atoms with Crippen LogP contribution in [0.1, 0.15) is 13.3 Å².